The molecular weight excluding hydrogens is 206 g/mol. The van der Waals surface area contributed by atoms with Crippen molar-refractivity contribution in [3.8, 4) is 0 Å². The first kappa shape index (κ1) is 11.1. The molecule has 1 aromatic rings. The summed E-state index contributed by atoms with van der Waals surface area (Å²) in [5, 5.41) is 21.2. The third kappa shape index (κ3) is 2.59. The maximum atomic E-state index is 10.7. The van der Waals surface area contributed by atoms with Crippen LogP contribution in [-0.2, 0) is 6.54 Å². The van der Waals surface area contributed by atoms with Crippen molar-refractivity contribution in [2.24, 2.45) is 0 Å². The van der Waals surface area contributed by atoms with Gasteiger partial charge >= 0.3 is 5.97 Å². The lowest BCUT2D eigenvalue weighted by Crippen LogP contribution is -2.43. The van der Waals surface area contributed by atoms with Crippen molar-refractivity contribution in [3.63, 3.8) is 0 Å². The highest BCUT2D eigenvalue weighted by Gasteiger charge is 2.26. The van der Waals surface area contributed by atoms with Crippen molar-refractivity contribution in [1.29, 1.82) is 0 Å². The van der Waals surface area contributed by atoms with Crippen LogP contribution in [0.5, 0.6) is 0 Å². The molecule has 1 fully saturated rings. The van der Waals surface area contributed by atoms with Crippen LogP contribution in [0.1, 0.15) is 28.8 Å². The first-order chi connectivity index (χ1) is 7.65. The van der Waals surface area contributed by atoms with E-state index >= 15 is 0 Å². The Balaban J connectivity index is 1.89. The maximum absolute atomic E-state index is 10.7. The summed E-state index contributed by atoms with van der Waals surface area (Å²) >= 11 is 0. The lowest BCUT2D eigenvalue weighted by molar-refractivity contribution is 0.0619. The van der Waals surface area contributed by atoms with Crippen LogP contribution >= 0.6 is 0 Å². The molecule has 0 amide bonds. The van der Waals surface area contributed by atoms with Gasteiger partial charge in [-0.25, -0.2) is 4.79 Å². The number of carboxylic acids is 1. The van der Waals surface area contributed by atoms with Gasteiger partial charge in [-0.15, -0.1) is 0 Å². The topological polar surface area (TPSA) is 69.6 Å². The molecule has 0 aliphatic heterocycles. The van der Waals surface area contributed by atoms with E-state index in [0.717, 1.165) is 18.4 Å². The number of carboxylic acid groups (broad SMARTS) is 1. The molecular formula is C12H15NO3. The standard InChI is InChI=1S/C12H15NO3/c14-11-5-10(6-11)13-7-8-2-1-3-9(4-8)12(15)16/h1-4,10-11,13-14H,5-7H2,(H,15,16). The Bertz CT molecular complexity index is 386. The van der Waals surface area contributed by atoms with Gasteiger partial charge in [-0.1, -0.05) is 12.1 Å². The molecule has 1 aromatic carbocycles. The molecule has 1 saturated carbocycles. The quantitative estimate of drug-likeness (QED) is 0.709. The molecule has 1 aliphatic carbocycles. The maximum Gasteiger partial charge on any atom is 0.335 e. The summed E-state index contributed by atoms with van der Waals surface area (Å²) in [6, 6.07) is 7.26. The molecule has 2 rings (SSSR count). The molecule has 16 heavy (non-hydrogen) atoms. The van der Waals surface area contributed by atoms with Crippen molar-refractivity contribution in [2.75, 3.05) is 0 Å². The van der Waals surface area contributed by atoms with Crippen molar-refractivity contribution < 1.29 is 15.0 Å². The predicted octanol–water partition coefficient (Wildman–Crippen LogP) is 0.998. The van der Waals surface area contributed by atoms with Gasteiger partial charge in [-0.2, -0.15) is 0 Å². The molecule has 0 saturated heterocycles. The van der Waals surface area contributed by atoms with Crippen LogP contribution in [0.3, 0.4) is 0 Å². The second-order valence-corrected chi connectivity index (χ2v) is 4.21. The van der Waals surface area contributed by atoms with E-state index in [2.05, 4.69) is 5.32 Å². The van der Waals surface area contributed by atoms with Gasteiger partial charge in [0, 0.05) is 12.6 Å². The van der Waals surface area contributed by atoms with Gasteiger partial charge in [0.25, 0.3) is 0 Å². The first-order valence-electron chi connectivity index (χ1n) is 5.39. The summed E-state index contributed by atoms with van der Waals surface area (Å²) < 4.78 is 0. The van der Waals surface area contributed by atoms with E-state index in [1.807, 2.05) is 6.07 Å². The fourth-order valence-electron chi connectivity index (χ4n) is 1.83. The van der Waals surface area contributed by atoms with Crippen molar-refractivity contribution in [2.45, 2.75) is 31.5 Å². The summed E-state index contributed by atoms with van der Waals surface area (Å²) in [7, 11) is 0. The zero-order chi connectivity index (χ0) is 11.5. The summed E-state index contributed by atoms with van der Waals surface area (Å²) in [6.07, 6.45) is 1.42. The second kappa shape index (κ2) is 4.63. The Labute approximate surface area is 93.9 Å². The van der Waals surface area contributed by atoms with E-state index in [-0.39, 0.29) is 6.10 Å². The summed E-state index contributed by atoms with van der Waals surface area (Å²) in [6.45, 7) is 0.651. The molecule has 4 heteroatoms. The summed E-state index contributed by atoms with van der Waals surface area (Å²) in [4.78, 5) is 10.7. The predicted molar refractivity (Wildman–Crippen MR) is 59.3 cm³/mol. The van der Waals surface area contributed by atoms with Crippen LogP contribution in [0.25, 0.3) is 0 Å². The Morgan fingerprint density at radius 2 is 2.19 bits per heavy atom. The molecule has 0 unspecified atom stereocenters. The minimum atomic E-state index is -0.902. The lowest BCUT2D eigenvalue weighted by atomic mass is 9.89. The number of hydrogen-bond acceptors (Lipinski definition) is 3. The van der Waals surface area contributed by atoms with Gasteiger partial charge in [0.05, 0.1) is 11.7 Å². The molecule has 0 heterocycles. The van der Waals surface area contributed by atoms with Crippen LogP contribution in [-0.4, -0.2) is 28.3 Å². The number of benzene rings is 1. The minimum absolute atomic E-state index is 0.164. The van der Waals surface area contributed by atoms with Crippen LogP contribution in [0.15, 0.2) is 24.3 Å². The third-order valence-corrected chi connectivity index (χ3v) is 2.88. The molecule has 3 N–H and O–H groups in total. The van der Waals surface area contributed by atoms with Gasteiger partial charge in [-0.3, -0.25) is 0 Å². The number of hydrogen-bond donors (Lipinski definition) is 3. The Morgan fingerprint density at radius 3 is 2.81 bits per heavy atom. The number of aromatic carboxylic acids is 1. The minimum Gasteiger partial charge on any atom is -0.478 e. The Morgan fingerprint density at radius 1 is 1.44 bits per heavy atom. The molecule has 0 bridgehead atoms. The van der Waals surface area contributed by atoms with E-state index in [0.29, 0.717) is 18.2 Å². The van der Waals surface area contributed by atoms with E-state index in [1.165, 1.54) is 0 Å². The number of aliphatic hydroxyl groups excluding tert-OH is 1. The Kier molecular flexibility index (Phi) is 3.22. The van der Waals surface area contributed by atoms with Crippen LogP contribution < -0.4 is 5.32 Å². The van der Waals surface area contributed by atoms with Crippen molar-refractivity contribution >= 4 is 5.97 Å². The van der Waals surface area contributed by atoms with Gasteiger partial charge in [0.1, 0.15) is 0 Å². The van der Waals surface area contributed by atoms with Gasteiger partial charge in [-0.05, 0) is 30.5 Å². The number of rotatable bonds is 4. The molecule has 86 valence electrons. The molecule has 0 spiro atoms. The summed E-state index contributed by atoms with van der Waals surface area (Å²) in [5.74, 6) is -0.902. The summed E-state index contributed by atoms with van der Waals surface area (Å²) in [5.41, 5.74) is 1.27. The second-order valence-electron chi connectivity index (χ2n) is 4.21. The number of carbonyl (C=O) groups is 1. The van der Waals surface area contributed by atoms with E-state index in [4.69, 9.17) is 10.2 Å². The highest BCUT2D eigenvalue weighted by atomic mass is 16.4. The molecule has 0 aromatic heterocycles. The zero-order valence-corrected chi connectivity index (χ0v) is 8.89. The highest BCUT2D eigenvalue weighted by molar-refractivity contribution is 5.87. The van der Waals surface area contributed by atoms with E-state index < -0.39 is 5.97 Å². The molecule has 0 atom stereocenters. The van der Waals surface area contributed by atoms with E-state index in [9.17, 15) is 4.79 Å². The number of aliphatic hydroxyl groups is 1. The van der Waals surface area contributed by atoms with Crippen molar-refractivity contribution in [3.05, 3.63) is 35.4 Å². The van der Waals surface area contributed by atoms with Crippen LogP contribution in [0.2, 0.25) is 0 Å². The van der Waals surface area contributed by atoms with Gasteiger partial charge in [0.2, 0.25) is 0 Å². The van der Waals surface area contributed by atoms with Gasteiger partial charge in [0.15, 0.2) is 0 Å². The average molecular weight is 221 g/mol. The smallest absolute Gasteiger partial charge is 0.335 e. The molecule has 4 nitrogen and oxygen atoms in total. The third-order valence-electron chi connectivity index (χ3n) is 2.88. The fourth-order valence-corrected chi connectivity index (χ4v) is 1.83. The van der Waals surface area contributed by atoms with Crippen LogP contribution in [0, 0.1) is 0 Å². The van der Waals surface area contributed by atoms with Crippen molar-refractivity contribution in [1.82, 2.24) is 5.32 Å². The first-order valence-corrected chi connectivity index (χ1v) is 5.39. The molecule has 0 radical (unpaired) electrons. The fraction of sp³-hybridized carbons (Fsp3) is 0.417. The lowest BCUT2D eigenvalue weighted by Gasteiger charge is -2.32. The Hall–Kier alpha value is -1.39. The highest BCUT2D eigenvalue weighted by Crippen LogP contribution is 2.19. The average Bonchev–Trinajstić information content (AvgIpc) is 2.23. The van der Waals surface area contributed by atoms with E-state index in [1.54, 1.807) is 18.2 Å². The largest absolute Gasteiger partial charge is 0.478 e. The van der Waals surface area contributed by atoms with Gasteiger partial charge < -0.3 is 15.5 Å². The normalized spacial score (nSPS) is 23.8. The number of nitrogens with one attached hydrogen (secondary N) is 1. The monoisotopic (exact) mass is 221 g/mol. The zero-order valence-electron chi connectivity index (χ0n) is 8.89. The SMILES string of the molecule is O=C(O)c1cccc(CNC2CC(O)C2)c1. The molecule has 1 aliphatic rings. The van der Waals surface area contributed by atoms with Crippen LogP contribution in [0.4, 0.5) is 0 Å².